The van der Waals surface area contributed by atoms with Crippen molar-refractivity contribution in [3.05, 3.63) is 65.4 Å². The standard InChI is InChI=1S/C19H17F3N4S/c1-2-12-6-5-7-14-13(10-23-17(12)14)11-24-26-18(27)25-16-9-4-3-8-15(16)19(20,21)22/h3-11,23H,2H2,1H3,(H2,25,26,27)/b24-11+. The van der Waals surface area contributed by atoms with E-state index in [0.717, 1.165) is 29.0 Å². The van der Waals surface area contributed by atoms with Crippen molar-refractivity contribution in [2.24, 2.45) is 5.10 Å². The SMILES string of the molecule is CCc1cccc2c(/C=N/NC(=S)Nc3ccccc3C(F)(F)F)c[nH]c12. The lowest BCUT2D eigenvalue weighted by Gasteiger charge is -2.14. The van der Waals surface area contributed by atoms with Gasteiger partial charge in [0.1, 0.15) is 0 Å². The summed E-state index contributed by atoms with van der Waals surface area (Å²) in [6.07, 6.45) is -0.171. The van der Waals surface area contributed by atoms with Crippen molar-refractivity contribution in [2.45, 2.75) is 19.5 Å². The summed E-state index contributed by atoms with van der Waals surface area (Å²) < 4.78 is 39.0. The van der Waals surface area contributed by atoms with Gasteiger partial charge < -0.3 is 10.3 Å². The molecule has 27 heavy (non-hydrogen) atoms. The molecule has 140 valence electrons. The molecule has 0 unspecified atom stereocenters. The third-order valence-electron chi connectivity index (χ3n) is 4.07. The van der Waals surface area contributed by atoms with E-state index in [4.69, 9.17) is 12.2 Å². The van der Waals surface area contributed by atoms with E-state index in [2.05, 4.69) is 33.8 Å². The monoisotopic (exact) mass is 390 g/mol. The van der Waals surface area contributed by atoms with Gasteiger partial charge in [-0.2, -0.15) is 18.3 Å². The molecule has 0 aliphatic carbocycles. The lowest BCUT2D eigenvalue weighted by atomic mass is 10.1. The number of hydrazone groups is 1. The van der Waals surface area contributed by atoms with E-state index in [1.54, 1.807) is 6.21 Å². The molecule has 2 aromatic carbocycles. The quantitative estimate of drug-likeness (QED) is 0.331. The lowest BCUT2D eigenvalue weighted by Crippen LogP contribution is -2.25. The lowest BCUT2D eigenvalue weighted by molar-refractivity contribution is -0.136. The zero-order valence-electron chi connectivity index (χ0n) is 14.4. The minimum absolute atomic E-state index is 0.0305. The van der Waals surface area contributed by atoms with Gasteiger partial charge in [-0.05, 0) is 36.3 Å². The van der Waals surface area contributed by atoms with Gasteiger partial charge in [-0.25, -0.2) is 0 Å². The Morgan fingerprint density at radius 2 is 1.96 bits per heavy atom. The Morgan fingerprint density at radius 3 is 2.70 bits per heavy atom. The molecule has 0 fully saturated rings. The van der Waals surface area contributed by atoms with Gasteiger partial charge in [-0.15, -0.1) is 0 Å². The Balaban J connectivity index is 1.70. The van der Waals surface area contributed by atoms with Crippen LogP contribution in [0.3, 0.4) is 0 Å². The number of alkyl halides is 3. The molecule has 3 aromatic rings. The summed E-state index contributed by atoms with van der Waals surface area (Å²) in [5, 5.41) is 7.54. The minimum Gasteiger partial charge on any atom is -0.360 e. The van der Waals surface area contributed by atoms with Crippen molar-refractivity contribution in [1.29, 1.82) is 0 Å². The van der Waals surface area contributed by atoms with Crippen LogP contribution in [0.2, 0.25) is 0 Å². The second kappa shape index (κ2) is 7.79. The molecular formula is C19H17F3N4S. The van der Waals surface area contributed by atoms with Gasteiger partial charge >= 0.3 is 6.18 Å². The number of H-pyrrole nitrogens is 1. The average molecular weight is 390 g/mol. The van der Waals surface area contributed by atoms with Crippen molar-refractivity contribution >= 4 is 40.1 Å². The highest BCUT2D eigenvalue weighted by molar-refractivity contribution is 7.80. The number of halogens is 3. The number of aryl methyl sites for hydroxylation is 1. The number of benzene rings is 2. The first-order chi connectivity index (χ1) is 12.9. The maximum atomic E-state index is 13.0. The van der Waals surface area contributed by atoms with Gasteiger partial charge in [0.05, 0.1) is 17.5 Å². The van der Waals surface area contributed by atoms with Crippen LogP contribution >= 0.6 is 12.2 Å². The number of para-hydroxylation sites is 2. The van der Waals surface area contributed by atoms with Crippen LogP contribution in [-0.2, 0) is 12.6 Å². The average Bonchev–Trinajstić information content (AvgIpc) is 3.04. The third kappa shape index (κ3) is 4.28. The molecule has 0 aliphatic heterocycles. The van der Waals surface area contributed by atoms with Crippen LogP contribution in [0.15, 0.2) is 53.8 Å². The maximum Gasteiger partial charge on any atom is 0.418 e. The summed E-state index contributed by atoms with van der Waals surface area (Å²) in [6.45, 7) is 2.08. The van der Waals surface area contributed by atoms with Gasteiger partial charge in [0.2, 0.25) is 0 Å². The van der Waals surface area contributed by atoms with E-state index in [0.29, 0.717) is 0 Å². The van der Waals surface area contributed by atoms with Crippen LogP contribution < -0.4 is 10.7 Å². The summed E-state index contributed by atoms with van der Waals surface area (Å²) >= 11 is 5.04. The fourth-order valence-electron chi connectivity index (χ4n) is 2.79. The van der Waals surface area contributed by atoms with Crippen LogP contribution in [-0.4, -0.2) is 16.3 Å². The summed E-state index contributed by atoms with van der Waals surface area (Å²) in [5.74, 6) is 0. The minimum atomic E-state index is -4.47. The molecule has 0 aliphatic rings. The van der Waals surface area contributed by atoms with E-state index in [1.807, 2.05) is 18.3 Å². The van der Waals surface area contributed by atoms with Crippen LogP contribution in [0.25, 0.3) is 10.9 Å². The number of anilines is 1. The number of aromatic nitrogens is 1. The highest BCUT2D eigenvalue weighted by Crippen LogP contribution is 2.34. The first kappa shape index (κ1) is 18.9. The fraction of sp³-hybridized carbons (Fsp3) is 0.158. The van der Waals surface area contributed by atoms with Gasteiger partial charge in [0, 0.05) is 22.7 Å². The van der Waals surface area contributed by atoms with E-state index in [1.165, 1.54) is 23.8 Å². The number of hydrogen-bond donors (Lipinski definition) is 3. The first-order valence-corrected chi connectivity index (χ1v) is 8.66. The number of fused-ring (bicyclic) bond motifs is 1. The Labute approximate surface area is 159 Å². The molecule has 0 amide bonds. The molecule has 3 N–H and O–H groups in total. The van der Waals surface area contributed by atoms with Crippen molar-refractivity contribution in [3.8, 4) is 0 Å². The van der Waals surface area contributed by atoms with Crippen LogP contribution in [0.1, 0.15) is 23.6 Å². The summed E-state index contributed by atoms with van der Waals surface area (Å²) in [4.78, 5) is 3.22. The predicted molar refractivity (Wildman–Crippen MR) is 106 cm³/mol. The maximum absolute atomic E-state index is 13.0. The Kier molecular flexibility index (Phi) is 5.46. The molecule has 1 aromatic heterocycles. The zero-order chi connectivity index (χ0) is 19.4. The molecule has 0 atom stereocenters. The normalized spacial score (nSPS) is 11.9. The van der Waals surface area contributed by atoms with Crippen LogP contribution in [0.5, 0.6) is 0 Å². The highest BCUT2D eigenvalue weighted by atomic mass is 32.1. The smallest absolute Gasteiger partial charge is 0.360 e. The highest BCUT2D eigenvalue weighted by Gasteiger charge is 2.33. The molecule has 0 saturated heterocycles. The second-order valence-corrected chi connectivity index (χ2v) is 6.21. The molecule has 0 bridgehead atoms. The molecule has 4 nitrogen and oxygen atoms in total. The Hall–Kier alpha value is -2.87. The van der Waals surface area contributed by atoms with Gasteiger partial charge in [0.15, 0.2) is 5.11 Å². The van der Waals surface area contributed by atoms with E-state index >= 15 is 0 Å². The van der Waals surface area contributed by atoms with Gasteiger partial charge in [-0.1, -0.05) is 37.3 Å². The van der Waals surface area contributed by atoms with E-state index in [9.17, 15) is 13.2 Å². The van der Waals surface area contributed by atoms with Crippen molar-refractivity contribution in [3.63, 3.8) is 0 Å². The predicted octanol–water partition coefficient (Wildman–Crippen LogP) is 5.07. The summed E-state index contributed by atoms with van der Waals surface area (Å²) in [6, 6.07) is 11.1. The van der Waals surface area contributed by atoms with Crippen LogP contribution in [0.4, 0.5) is 18.9 Å². The number of hydrogen-bond acceptors (Lipinski definition) is 2. The van der Waals surface area contributed by atoms with Crippen molar-refractivity contribution in [1.82, 2.24) is 10.4 Å². The number of nitrogens with one attached hydrogen (secondary N) is 3. The third-order valence-corrected chi connectivity index (χ3v) is 4.26. The second-order valence-electron chi connectivity index (χ2n) is 5.80. The molecule has 0 spiro atoms. The largest absolute Gasteiger partial charge is 0.418 e. The summed E-state index contributed by atoms with van der Waals surface area (Å²) in [5.41, 5.74) is 4.72. The number of nitrogens with zero attached hydrogens (tertiary/aromatic N) is 1. The molecule has 3 rings (SSSR count). The molecule has 0 radical (unpaired) electrons. The molecule has 0 saturated carbocycles. The Morgan fingerprint density at radius 1 is 1.19 bits per heavy atom. The first-order valence-electron chi connectivity index (χ1n) is 8.25. The van der Waals surface area contributed by atoms with Crippen molar-refractivity contribution < 1.29 is 13.2 Å². The molecule has 1 heterocycles. The van der Waals surface area contributed by atoms with E-state index in [-0.39, 0.29) is 10.8 Å². The fourth-order valence-corrected chi connectivity index (χ4v) is 2.95. The Bertz CT molecular complexity index is 992. The topological polar surface area (TPSA) is 52.2 Å². The van der Waals surface area contributed by atoms with Crippen molar-refractivity contribution in [2.75, 3.05) is 5.32 Å². The van der Waals surface area contributed by atoms with Gasteiger partial charge in [0.25, 0.3) is 0 Å². The van der Waals surface area contributed by atoms with Gasteiger partial charge in [-0.3, -0.25) is 5.43 Å². The summed E-state index contributed by atoms with van der Waals surface area (Å²) in [7, 11) is 0. The number of thiocarbonyl (C=S) groups is 1. The molecule has 8 heteroatoms. The zero-order valence-corrected chi connectivity index (χ0v) is 15.2. The van der Waals surface area contributed by atoms with Crippen LogP contribution in [0, 0.1) is 0 Å². The molecular weight excluding hydrogens is 373 g/mol. The number of rotatable bonds is 4. The van der Waals surface area contributed by atoms with E-state index < -0.39 is 11.7 Å². The number of aromatic amines is 1.